The van der Waals surface area contributed by atoms with Crippen molar-refractivity contribution in [2.24, 2.45) is 0 Å². The zero-order valence-electron chi connectivity index (χ0n) is 8.60. The van der Waals surface area contributed by atoms with Crippen LogP contribution in [0.1, 0.15) is 18.4 Å². The monoisotopic (exact) mass is 208 g/mol. The maximum Gasteiger partial charge on any atom is 0.126 e. The fourth-order valence-corrected chi connectivity index (χ4v) is 1.89. The third kappa shape index (κ3) is 2.46. The normalized spacial score (nSPS) is 22.9. The molecule has 0 saturated carbocycles. The zero-order chi connectivity index (χ0) is 10.7. The van der Waals surface area contributed by atoms with Gasteiger partial charge in [0, 0.05) is 19.2 Å². The van der Waals surface area contributed by atoms with Gasteiger partial charge in [0.1, 0.15) is 5.82 Å². The topological polar surface area (TPSA) is 68.4 Å². The van der Waals surface area contributed by atoms with Crippen LogP contribution in [0.5, 0.6) is 0 Å². The Bertz CT molecular complexity index is 324. The number of hydrogen-bond acceptors (Lipinski definition) is 4. The van der Waals surface area contributed by atoms with Crippen molar-refractivity contribution in [2.45, 2.75) is 31.5 Å². The molecule has 15 heavy (non-hydrogen) atoms. The Morgan fingerprint density at radius 3 is 3.20 bits per heavy atom. The van der Waals surface area contributed by atoms with Crippen LogP contribution in [0, 0.1) is 0 Å². The van der Waals surface area contributed by atoms with Crippen molar-refractivity contribution in [1.29, 1.82) is 0 Å². The summed E-state index contributed by atoms with van der Waals surface area (Å²) in [5.41, 5.74) is 6.59. The molecule has 0 spiro atoms. The number of nitrogens with two attached hydrogens (primary N) is 1. The SMILES string of the molecule is Nc1ncccc1CC(O)C1CCCO1. The van der Waals surface area contributed by atoms with Crippen LogP contribution in [0.15, 0.2) is 18.3 Å². The van der Waals surface area contributed by atoms with Crippen molar-refractivity contribution >= 4 is 5.82 Å². The Labute approximate surface area is 89.1 Å². The van der Waals surface area contributed by atoms with Crippen LogP contribution in [-0.2, 0) is 11.2 Å². The number of hydrogen-bond donors (Lipinski definition) is 2. The Morgan fingerprint density at radius 1 is 1.67 bits per heavy atom. The zero-order valence-corrected chi connectivity index (χ0v) is 8.60. The first-order chi connectivity index (χ1) is 7.27. The molecule has 4 nitrogen and oxygen atoms in total. The van der Waals surface area contributed by atoms with Gasteiger partial charge < -0.3 is 15.6 Å². The van der Waals surface area contributed by atoms with Crippen LogP contribution >= 0.6 is 0 Å². The van der Waals surface area contributed by atoms with Gasteiger partial charge in [-0.1, -0.05) is 6.07 Å². The number of rotatable bonds is 3. The highest BCUT2D eigenvalue weighted by Gasteiger charge is 2.24. The molecule has 1 aliphatic heterocycles. The average molecular weight is 208 g/mol. The molecule has 4 heteroatoms. The van der Waals surface area contributed by atoms with Gasteiger partial charge in [0.15, 0.2) is 0 Å². The fraction of sp³-hybridized carbons (Fsp3) is 0.545. The van der Waals surface area contributed by atoms with Gasteiger partial charge in [-0.15, -0.1) is 0 Å². The van der Waals surface area contributed by atoms with E-state index in [1.165, 1.54) is 0 Å². The predicted molar refractivity (Wildman–Crippen MR) is 57.3 cm³/mol. The van der Waals surface area contributed by atoms with E-state index in [1.54, 1.807) is 6.20 Å². The standard InChI is InChI=1S/C11H16N2O2/c12-11-8(3-1-5-13-11)7-9(14)10-4-2-6-15-10/h1,3,5,9-10,14H,2,4,6-7H2,(H2,12,13). The van der Waals surface area contributed by atoms with E-state index in [-0.39, 0.29) is 6.10 Å². The molecule has 1 aliphatic rings. The molecule has 1 fully saturated rings. The Morgan fingerprint density at radius 2 is 2.53 bits per heavy atom. The van der Waals surface area contributed by atoms with E-state index >= 15 is 0 Å². The maximum absolute atomic E-state index is 9.92. The number of nitrogens with zero attached hydrogens (tertiary/aromatic N) is 1. The van der Waals surface area contributed by atoms with Crippen LogP contribution in [0.25, 0.3) is 0 Å². The first-order valence-electron chi connectivity index (χ1n) is 5.26. The van der Waals surface area contributed by atoms with Gasteiger partial charge in [-0.3, -0.25) is 0 Å². The summed E-state index contributed by atoms with van der Waals surface area (Å²) in [6.07, 6.45) is 3.62. The van der Waals surface area contributed by atoms with E-state index < -0.39 is 6.10 Å². The van der Waals surface area contributed by atoms with Gasteiger partial charge >= 0.3 is 0 Å². The van der Waals surface area contributed by atoms with Crippen molar-refractivity contribution in [3.05, 3.63) is 23.9 Å². The fourth-order valence-electron chi connectivity index (χ4n) is 1.89. The Hall–Kier alpha value is -1.13. The third-order valence-electron chi connectivity index (χ3n) is 2.75. The second kappa shape index (κ2) is 4.59. The molecule has 0 radical (unpaired) electrons. The minimum Gasteiger partial charge on any atom is -0.390 e. The summed E-state index contributed by atoms with van der Waals surface area (Å²) in [6, 6.07) is 3.72. The number of anilines is 1. The van der Waals surface area contributed by atoms with Gasteiger partial charge in [0.25, 0.3) is 0 Å². The molecule has 2 atom stereocenters. The molecule has 2 rings (SSSR count). The molecule has 3 N–H and O–H groups in total. The first kappa shape index (κ1) is 10.4. The van der Waals surface area contributed by atoms with Gasteiger partial charge in [-0.2, -0.15) is 0 Å². The molecule has 1 saturated heterocycles. The summed E-state index contributed by atoms with van der Waals surface area (Å²) in [6.45, 7) is 0.754. The second-order valence-corrected chi connectivity index (χ2v) is 3.87. The first-order valence-corrected chi connectivity index (χ1v) is 5.26. The van der Waals surface area contributed by atoms with E-state index in [9.17, 15) is 5.11 Å². The number of aliphatic hydroxyl groups is 1. The van der Waals surface area contributed by atoms with Crippen molar-refractivity contribution in [3.8, 4) is 0 Å². The Balaban J connectivity index is 1.99. The lowest BCUT2D eigenvalue weighted by Gasteiger charge is -2.17. The van der Waals surface area contributed by atoms with E-state index in [0.717, 1.165) is 25.0 Å². The van der Waals surface area contributed by atoms with E-state index in [4.69, 9.17) is 10.5 Å². The van der Waals surface area contributed by atoms with Crippen LogP contribution in [0.4, 0.5) is 5.82 Å². The summed E-state index contributed by atoms with van der Waals surface area (Å²) < 4.78 is 5.42. The number of aliphatic hydroxyl groups excluding tert-OH is 1. The number of nitrogen functional groups attached to an aromatic ring is 1. The van der Waals surface area contributed by atoms with Crippen LogP contribution in [-0.4, -0.2) is 28.9 Å². The minimum absolute atomic E-state index is 0.0374. The smallest absolute Gasteiger partial charge is 0.126 e. The lowest BCUT2D eigenvalue weighted by atomic mass is 10.0. The second-order valence-electron chi connectivity index (χ2n) is 3.87. The van der Waals surface area contributed by atoms with Gasteiger partial charge in [-0.25, -0.2) is 4.98 Å². The summed E-state index contributed by atoms with van der Waals surface area (Å²) >= 11 is 0. The molecule has 2 unspecified atom stereocenters. The number of pyridine rings is 1. The van der Waals surface area contributed by atoms with Crippen LogP contribution < -0.4 is 5.73 Å². The largest absolute Gasteiger partial charge is 0.390 e. The van der Waals surface area contributed by atoms with Gasteiger partial charge in [-0.05, 0) is 24.5 Å². The summed E-state index contributed by atoms with van der Waals surface area (Å²) in [5, 5.41) is 9.92. The third-order valence-corrected chi connectivity index (χ3v) is 2.75. The van der Waals surface area contributed by atoms with E-state index in [1.807, 2.05) is 12.1 Å². The van der Waals surface area contributed by atoms with Crippen LogP contribution in [0.2, 0.25) is 0 Å². The molecular formula is C11H16N2O2. The Kier molecular flexibility index (Phi) is 3.18. The number of aromatic nitrogens is 1. The summed E-state index contributed by atoms with van der Waals surface area (Å²) in [7, 11) is 0. The highest BCUT2D eigenvalue weighted by atomic mass is 16.5. The molecule has 0 aliphatic carbocycles. The van der Waals surface area contributed by atoms with Crippen molar-refractivity contribution < 1.29 is 9.84 Å². The lowest BCUT2D eigenvalue weighted by Crippen LogP contribution is -2.27. The molecule has 1 aromatic heterocycles. The van der Waals surface area contributed by atoms with Crippen molar-refractivity contribution in [1.82, 2.24) is 4.98 Å². The lowest BCUT2D eigenvalue weighted by molar-refractivity contribution is -0.000724. The molecular weight excluding hydrogens is 192 g/mol. The number of ether oxygens (including phenoxy) is 1. The summed E-state index contributed by atoms with van der Waals surface area (Å²) in [5.74, 6) is 0.495. The molecule has 1 aromatic rings. The highest BCUT2D eigenvalue weighted by molar-refractivity contribution is 5.38. The maximum atomic E-state index is 9.92. The molecule has 2 heterocycles. The molecule has 0 bridgehead atoms. The summed E-state index contributed by atoms with van der Waals surface area (Å²) in [4.78, 5) is 3.98. The van der Waals surface area contributed by atoms with Gasteiger partial charge in [0.05, 0.1) is 12.2 Å². The van der Waals surface area contributed by atoms with Gasteiger partial charge in [0.2, 0.25) is 0 Å². The quantitative estimate of drug-likeness (QED) is 0.769. The molecule has 82 valence electrons. The minimum atomic E-state index is -0.473. The van der Waals surface area contributed by atoms with Crippen LogP contribution in [0.3, 0.4) is 0 Å². The van der Waals surface area contributed by atoms with Crippen molar-refractivity contribution in [3.63, 3.8) is 0 Å². The van der Waals surface area contributed by atoms with Crippen molar-refractivity contribution in [2.75, 3.05) is 12.3 Å². The molecule has 0 aromatic carbocycles. The van der Waals surface area contributed by atoms with E-state index in [0.29, 0.717) is 12.2 Å². The highest BCUT2D eigenvalue weighted by Crippen LogP contribution is 2.19. The van der Waals surface area contributed by atoms with E-state index in [2.05, 4.69) is 4.98 Å². The molecule has 0 amide bonds. The average Bonchev–Trinajstić information content (AvgIpc) is 2.74. The predicted octanol–water partition coefficient (Wildman–Crippen LogP) is 0.746.